The largest absolute Gasteiger partial charge is 0.444 e. The number of hydrogen-bond donors (Lipinski definition) is 0. The lowest BCUT2D eigenvalue weighted by Gasteiger charge is -2.44. The summed E-state index contributed by atoms with van der Waals surface area (Å²) in [5.41, 5.74) is 2.05. The van der Waals surface area contributed by atoms with E-state index in [9.17, 15) is 9.59 Å². The zero-order valence-electron chi connectivity index (χ0n) is 17.1. The normalized spacial score (nSPS) is 19.9. The van der Waals surface area contributed by atoms with Crippen molar-refractivity contribution >= 4 is 17.7 Å². The summed E-state index contributed by atoms with van der Waals surface area (Å²) in [7, 11) is 0. The van der Waals surface area contributed by atoms with Crippen molar-refractivity contribution in [3.05, 3.63) is 29.8 Å². The molecule has 0 unspecified atom stereocenters. The molecule has 2 amide bonds. The minimum atomic E-state index is -0.457. The number of anilines is 1. The maximum atomic E-state index is 12.4. The molecule has 0 radical (unpaired) electrons. The van der Waals surface area contributed by atoms with E-state index < -0.39 is 5.60 Å². The van der Waals surface area contributed by atoms with Gasteiger partial charge in [0.1, 0.15) is 5.60 Å². The first-order valence-electron chi connectivity index (χ1n) is 10.0. The van der Waals surface area contributed by atoms with E-state index in [-0.39, 0.29) is 17.4 Å². The molecule has 2 aliphatic rings. The molecule has 0 aromatic heterocycles. The highest BCUT2D eigenvalue weighted by Crippen LogP contribution is 2.43. The molecule has 5 nitrogen and oxygen atoms in total. The van der Waals surface area contributed by atoms with Crippen LogP contribution in [0.15, 0.2) is 24.3 Å². The summed E-state index contributed by atoms with van der Waals surface area (Å²) in [5, 5.41) is 0. The Balaban J connectivity index is 1.74. The van der Waals surface area contributed by atoms with Crippen molar-refractivity contribution in [3.63, 3.8) is 0 Å². The molecular formula is C22H32N2O3. The van der Waals surface area contributed by atoms with Gasteiger partial charge < -0.3 is 14.5 Å². The van der Waals surface area contributed by atoms with Gasteiger partial charge in [-0.3, -0.25) is 4.79 Å². The Morgan fingerprint density at radius 1 is 1.04 bits per heavy atom. The summed E-state index contributed by atoms with van der Waals surface area (Å²) in [5.74, 6) is 0.109. The lowest BCUT2D eigenvalue weighted by atomic mass is 9.70. The van der Waals surface area contributed by atoms with E-state index in [1.54, 1.807) is 6.92 Å². The van der Waals surface area contributed by atoms with Crippen LogP contribution in [0, 0.1) is 5.41 Å². The Hall–Kier alpha value is -2.04. The highest BCUT2D eigenvalue weighted by atomic mass is 16.6. The van der Waals surface area contributed by atoms with Crippen LogP contribution >= 0.6 is 0 Å². The molecule has 3 rings (SSSR count). The summed E-state index contributed by atoms with van der Waals surface area (Å²) in [6, 6.07) is 8.28. The molecule has 1 aromatic rings. The maximum Gasteiger partial charge on any atom is 0.410 e. The molecule has 1 saturated heterocycles. The van der Waals surface area contributed by atoms with Crippen LogP contribution in [0.1, 0.15) is 58.9 Å². The Bertz CT molecular complexity index is 700. The number of likely N-dealkylation sites (tertiary alicyclic amines) is 1. The Labute approximate surface area is 162 Å². The van der Waals surface area contributed by atoms with E-state index in [0.29, 0.717) is 0 Å². The lowest BCUT2D eigenvalue weighted by molar-refractivity contribution is -0.116. The van der Waals surface area contributed by atoms with E-state index in [4.69, 9.17) is 4.74 Å². The van der Waals surface area contributed by atoms with Crippen molar-refractivity contribution in [2.75, 3.05) is 24.5 Å². The fourth-order valence-corrected chi connectivity index (χ4v) is 4.39. The Kier molecular flexibility index (Phi) is 5.50. The second-order valence-corrected chi connectivity index (χ2v) is 9.05. The van der Waals surface area contributed by atoms with Gasteiger partial charge in [0.05, 0.1) is 0 Å². The molecule has 5 heteroatoms. The molecular weight excluding hydrogens is 340 g/mol. The lowest BCUT2D eigenvalue weighted by Crippen LogP contribution is -2.46. The average molecular weight is 373 g/mol. The molecule has 148 valence electrons. The Morgan fingerprint density at radius 3 is 2.33 bits per heavy atom. The first-order valence-corrected chi connectivity index (χ1v) is 10.0. The first-order chi connectivity index (χ1) is 12.7. The summed E-state index contributed by atoms with van der Waals surface area (Å²) < 4.78 is 5.54. The summed E-state index contributed by atoms with van der Waals surface area (Å²) in [6.07, 6.45) is 4.83. The third kappa shape index (κ3) is 4.63. The molecule has 1 spiro atoms. The number of amides is 2. The Morgan fingerprint density at radius 2 is 1.70 bits per heavy atom. The second-order valence-electron chi connectivity index (χ2n) is 9.05. The number of carbonyl (C=O) groups is 2. The number of benzene rings is 1. The highest BCUT2D eigenvalue weighted by Gasteiger charge is 2.38. The SMILES string of the molecule is CC(=O)N1CCCC2(CCN(C(=O)OC(C)(C)C)CC2)Cc2ccccc21. The maximum absolute atomic E-state index is 12.4. The first kappa shape index (κ1) is 19.7. The van der Waals surface area contributed by atoms with Crippen LogP contribution in [-0.4, -0.2) is 42.1 Å². The van der Waals surface area contributed by atoms with Gasteiger partial charge in [-0.05, 0) is 69.9 Å². The van der Waals surface area contributed by atoms with E-state index in [1.165, 1.54) is 5.56 Å². The molecule has 2 heterocycles. The third-order valence-electron chi connectivity index (χ3n) is 5.79. The van der Waals surface area contributed by atoms with Crippen molar-refractivity contribution in [1.82, 2.24) is 4.90 Å². The minimum absolute atomic E-state index is 0.109. The van der Waals surface area contributed by atoms with E-state index in [1.807, 2.05) is 36.6 Å². The van der Waals surface area contributed by atoms with Gasteiger partial charge in [-0.25, -0.2) is 4.79 Å². The van der Waals surface area contributed by atoms with Crippen LogP contribution in [-0.2, 0) is 16.0 Å². The predicted molar refractivity (Wildman–Crippen MR) is 107 cm³/mol. The average Bonchev–Trinajstić information content (AvgIpc) is 2.57. The highest BCUT2D eigenvalue weighted by molar-refractivity contribution is 5.92. The standard InChI is InChI=1S/C22H32N2O3/c1-17(25)24-13-7-10-22(16-18-8-5-6-9-19(18)24)11-14-23(15-12-22)20(26)27-21(2,3)4/h5-6,8-9H,7,10-16H2,1-4H3. The molecule has 1 fully saturated rings. The molecule has 2 aliphatic heterocycles. The summed E-state index contributed by atoms with van der Waals surface area (Å²) in [6.45, 7) is 9.62. The number of carbonyl (C=O) groups excluding carboxylic acids is 2. The fraction of sp³-hybridized carbons (Fsp3) is 0.636. The predicted octanol–water partition coefficient (Wildman–Crippen LogP) is 4.39. The van der Waals surface area contributed by atoms with Gasteiger partial charge in [0.15, 0.2) is 0 Å². The summed E-state index contributed by atoms with van der Waals surface area (Å²) >= 11 is 0. The smallest absolute Gasteiger partial charge is 0.410 e. The number of ether oxygens (including phenoxy) is 1. The van der Waals surface area contributed by atoms with Gasteiger partial charge in [-0.15, -0.1) is 0 Å². The topological polar surface area (TPSA) is 49.9 Å². The van der Waals surface area contributed by atoms with Crippen molar-refractivity contribution in [2.24, 2.45) is 5.41 Å². The van der Waals surface area contributed by atoms with Crippen LogP contribution in [0.25, 0.3) is 0 Å². The summed E-state index contributed by atoms with van der Waals surface area (Å²) in [4.78, 5) is 28.2. The number of piperidine rings is 1. The number of hydrogen-bond acceptors (Lipinski definition) is 3. The van der Waals surface area contributed by atoms with E-state index in [0.717, 1.165) is 57.4 Å². The molecule has 0 saturated carbocycles. The van der Waals surface area contributed by atoms with Gasteiger partial charge in [0, 0.05) is 32.2 Å². The van der Waals surface area contributed by atoms with Crippen LogP contribution in [0.5, 0.6) is 0 Å². The molecule has 0 atom stereocenters. The van der Waals surface area contributed by atoms with Crippen molar-refractivity contribution < 1.29 is 14.3 Å². The van der Waals surface area contributed by atoms with Crippen molar-refractivity contribution in [1.29, 1.82) is 0 Å². The molecule has 27 heavy (non-hydrogen) atoms. The fourth-order valence-electron chi connectivity index (χ4n) is 4.39. The second kappa shape index (κ2) is 7.53. The number of para-hydroxylation sites is 1. The molecule has 0 N–H and O–H groups in total. The zero-order valence-corrected chi connectivity index (χ0v) is 17.1. The van der Waals surface area contributed by atoms with E-state index >= 15 is 0 Å². The molecule has 0 bridgehead atoms. The van der Waals surface area contributed by atoms with Gasteiger partial charge in [-0.1, -0.05) is 18.2 Å². The number of nitrogens with zero attached hydrogens (tertiary/aromatic N) is 2. The van der Waals surface area contributed by atoms with Crippen LogP contribution in [0.2, 0.25) is 0 Å². The van der Waals surface area contributed by atoms with Crippen LogP contribution in [0.4, 0.5) is 10.5 Å². The van der Waals surface area contributed by atoms with Crippen molar-refractivity contribution in [3.8, 4) is 0 Å². The minimum Gasteiger partial charge on any atom is -0.444 e. The quantitative estimate of drug-likeness (QED) is 0.678. The molecule has 1 aromatic carbocycles. The third-order valence-corrected chi connectivity index (χ3v) is 5.79. The number of rotatable bonds is 0. The monoisotopic (exact) mass is 372 g/mol. The van der Waals surface area contributed by atoms with Gasteiger partial charge in [0.2, 0.25) is 5.91 Å². The van der Waals surface area contributed by atoms with E-state index in [2.05, 4.69) is 18.2 Å². The van der Waals surface area contributed by atoms with Crippen LogP contribution in [0.3, 0.4) is 0 Å². The van der Waals surface area contributed by atoms with Crippen LogP contribution < -0.4 is 4.90 Å². The zero-order chi connectivity index (χ0) is 19.7. The molecule has 0 aliphatic carbocycles. The van der Waals surface area contributed by atoms with Gasteiger partial charge in [0.25, 0.3) is 0 Å². The number of fused-ring (bicyclic) bond motifs is 1. The van der Waals surface area contributed by atoms with Gasteiger partial charge in [-0.2, -0.15) is 0 Å². The van der Waals surface area contributed by atoms with Crippen molar-refractivity contribution in [2.45, 2.75) is 65.4 Å². The van der Waals surface area contributed by atoms with Gasteiger partial charge >= 0.3 is 6.09 Å².